The van der Waals surface area contributed by atoms with Crippen molar-refractivity contribution < 1.29 is 19.5 Å². The predicted octanol–water partition coefficient (Wildman–Crippen LogP) is 1.89. The van der Waals surface area contributed by atoms with E-state index in [4.69, 9.17) is 11.6 Å². The van der Waals surface area contributed by atoms with Gasteiger partial charge in [-0.1, -0.05) is 23.7 Å². The van der Waals surface area contributed by atoms with Crippen LogP contribution < -0.4 is 10.6 Å². The standard InChI is InChI=1S/C21H26ClN3O4S/c1-20-8-9-21(30-20)15(14(20)17(27)23-2)19(29)25(10-5-11-26)16(21)18(28)24-13-7-4-3-6-12(13)22/h3-4,6-7,14-16,26H,5,8-11H2,1-2H3,(H,23,27)(H,24,28)/t14-,15+,16?,20+,21?/m1/s1. The number of carbonyl (C=O) groups excluding carboxylic acids is 3. The first-order chi connectivity index (χ1) is 14.3. The van der Waals surface area contributed by atoms with Gasteiger partial charge in [-0.05, 0) is 38.3 Å². The molecule has 5 atom stereocenters. The van der Waals surface area contributed by atoms with E-state index in [2.05, 4.69) is 10.6 Å². The molecule has 162 valence electrons. The van der Waals surface area contributed by atoms with Crippen molar-refractivity contribution in [2.45, 2.75) is 41.7 Å². The summed E-state index contributed by atoms with van der Waals surface area (Å²) >= 11 is 7.85. The van der Waals surface area contributed by atoms with Gasteiger partial charge in [-0.25, -0.2) is 0 Å². The van der Waals surface area contributed by atoms with Gasteiger partial charge in [0.1, 0.15) is 6.04 Å². The molecule has 30 heavy (non-hydrogen) atoms. The molecule has 3 aliphatic rings. The molecule has 3 N–H and O–H groups in total. The number of benzene rings is 1. The number of carbonyl (C=O) groups is 3. The van der Waals surface area contributed by atoms with E-state index in [1.54, 1.807) is 48.0 Å². The Hall–Kier alpha value is -1.77. The predicted molar refractivity (Wildman–Crippen MR) is 116 cm³/mol. The van der Waals surface area contributed by atoms with Gasteiger partial charge in [0.2, 0.25) is 17.7 Å². The highest BCUT2D eigenvalue weighted by molar-refractivity contribution is 8.02. The first-order valence-electron chi connectivity index (χ1n) is 10.2. The van der Waals surface area contributed by atoms with Crippen LogP contribution in [0.1, 0.15) is 26.2 Å². The van der Waals surface area contributed by atoms with Gasteiger partial charge >= 0.3 is 0 Å². The van der Waals surface area contributed by atoms with E-state index in [9.17, 15) is 19.5 Å². The Morgan fingerprint density at radius 2 is 2.03 bits per heavy atom. The molecule has 0 saturated carbocycles. The summed E-state index contributed by atoms with van der Waals surface area (Å²) in [4.78, 5) is 41.4. The minimum Gasteiger partial charge on any atom is -0.396 e. The number of para-hydroxylation sites is 1. The molecule has 9 heteroatoms. The van der Waals surface area contributed by atoms with Gasteiger partial charge in [0, 0.05) is 24.9 Å². The van der Waals surface area contributed by atoms with E-state index < -0.39 is 22.6 Å². The van der Waals surface area contributed by atoms with E-state index in [-0.39, 0.29) is 35.6 Å². The van der Waals surface area contributed by atoms with Crippen LogP contribution in [0.5, 0.6) is 0 Å². The van der Waals surface area contributed by atoms with Crippen molar-refractivity contribution in [3.8, 4) is 0 Å². The number of nitrogens with zero attached hydrogens (tertiary/aromatic N) is 1. The third kappa shape index (κ3) is 3.03. The summed E-state index contributed by atoms with van der Waals surface area (Å²) < 4.78 is -1.05. The van der Waals surface area contributed by atoms with Crippen molar-refractivity contribution >= 4 is 46.8 Å². The zero-order valence-electron chi connectivity index (χ0n) is 17.0. The second kappa shape index (κ2) is 7.73. The number of hydrogen-bond acceptors (Lipinski definition) is 5. The Kier molecular flexibility index (Phi) is 5.53. The molecular formula is C21H26ClN3O4S. The molecule has 0 aromatic heterocycles. The number of rotatable bonds is 6. The molecule has 0 radical (unpaired) electrons. The molecule has 7 nitrogen and oxygen atoms in total. The van der Waals surface area contributed by atoms with Crippen LogP contribution in [-0.4, -0.2) is 63.5 Å². The van der Waals surface area contributed by atoms with Crippen LogP contribution in [0.2, 0.25) is 5.02 Å². The summed E-state index contributed by atoms with van der Waals surface area (Å²) in [5.41, 5.74) is 0.491. The highest BCUT2D eigenvalue weighted by Crippen LogP contribution is 2.71. The molecule has 0 aliphatic carbocycles. The Morgan fingerprint density at radius 1 is 1.30 bits per heavy atom. The Balaban J connectivity index is 1.74. The van der Waals surface area contributed by atoms with E-state index >= 15 is 0 Å². The zero-order chi connectivity index (χ0) is 21.7. The van der Waals surface area contributed by atoms with Crippen molar-refractivity contribution in [1.29, 1.82) is 0 Å². The molecule has 1 aromatic carbocycles. The second-order valence-electron chi connectivity index (χ2n) is 8.42. The normalized spacial score (nSPS) is 34.2. The molecule has 3 fully saturated rings. The minimum absolute atomic E-state index is 0.0793. The Morgan fingerprint density at radius 3 is 2.70 bits per heavy atom. The summed E-state index contributed by atoms with van der Waals surface area (Å²) in [6.07, 6.45) is 1.83. The van der Waals surface area contributed by atoms with Gasteiger partial charge in [0.15, 0.2) is 0 Å². The van der Waals surface area contributed by atoms with Crippen molar-refractivity contribution in [3.63, 3.8) is 0 Å². The summed E-state index contributed by atoms with van der Waals surface area (Å²) in [7, 11) is 1.58. The third-order valence-corrected chi connectivity index (χ3v) is 9.06. The highest BCUT2D eigenvalue weighted by Gasteiger charge is 2.76. The molecule has 3 saturated heterocycles. The summed E-state index contributed by atoms with van der Waals surface area (Å²) in [6, 6.07) is 6.25. The van der Waals surface area contributed by atoms with Crippen LogP contribution in [0.3, 0.4) is 0 Å². The topological polar surface area (TPSA) is 98.7 Å². The van der Waals surface area contributed by atoms with Gasteiger partial charge in [-0.3, -0.25) is 14.4 Å². The van der Waals surface area contributed by atoms with Crippen LogP contribution in [0.25, 0.3) is 0 Å². The molecular weight excluding hydrogens is 426 g/mol. The van der Waals surface area contributed by atoms with Crippen molar-refractivity contribution in [2.24, 2.45) is 11.8 Å². The maximum absolute atomic E-state index is 13.5. The van der Waals surface area contributed by atoms with Gasteiger partial charge < -0.3 is 20.6 Å². The number of nitrogens with one attached hydrogen (secondary N) is 2. The van der Waals surface area contributed by atoms with E-state index in [0.717, 1.165) is 6.42 Å². The maximum Gasteiger partial charge on any atom is 0.248 e. The lowest BCUT2D eigenvalue weighted by Gasteiger charge is -2.34. The first kappa shape index (κ1) is 21.5. The molecule has 3 heterocycles. The van der Waals surface area contributed by atoms with Crippen LogP contribution in [-0.2, 0) is 14.4 Å². The number of aliphatic hydroxyl groups excluding tert-OH is 1. The number of halogens is 1. The first-order valence-corrected chi connectivity index (χ1v) is 11.4. The van der Waals surface area contributed by atoms with Crippen LogP contribution in [0.4, 0.5) is 5.69 Å². The van der Waals surface area contributed by atoms with E-state index in [1.165, 1.54) is 0 Å². The fourth-order valence-corrected chi connectivity index (χ4v) is 8.07. The molecule has 3 aliphatic heterocycles. The van der Waals surface area contributed by atoms with E-state index in [0.29, 0.717) is 23.6 Å². The fourth-order valence-electron chi connectivity index (χ4n) is 5.53. The Bertz CT molecular complexity index is 899. The Labute approximate surface area is 184 Å². The number of amides is 3. The molecule has 2 bridgehead atoms. The lowest BCUT2D eigenvalue weighted by atomic mass is 9.66. The quantitative estimate of drug-likeness (QED) is 0.613. The molecule has 1 spiro atoms. The van der Waals surface area contributed by atoms with Gasteiger partial charge in [-0.15, -0.1) is 11.8 Å². The molecule has 3 amide bonds. The number of likely N-dealkylation sites (tertiary alicyclic amines) is 1. The lowest BCUT2D eigenvalue weighted by molar-refractivity contribution is -0.140. The zero-order valence-corrected chi connectivity index (χ0v) is 18.6. The minimum atomic E-state index is -0.723. The van der Waals surface area contributed by atoms with E-state index in [1.807, 2.05) is 6.92 Å². The molecule has 1 aromatic rings. The number of fused-ring (bicyclic) bond motifs is 1. The van der Waals surface area contributed by atoms with Crippen molar-refractivity contribution in [1.82, 2.24) is 10.2 Å². The number of hydrogen-bond donors (Lipinski definition) is 3. The average molecular weight is 452 g/mol. The highest BCUT2D eigenvalue weighted by atomic mass is 35.5. The SMILES string of the molecule is CNC(=O)[C@H]1[C@H]2C(=O)N(CCCO)C(C(=O)Nc3ccccc3Cl)C23CC[C@]1(C)S3. The van der Waals surface area contributed by atoms with Crippen LogP contribution >= 0.6 is 23.4 Å². The maximum atomic E-state index is 13.5. The van der Waals surface area contributed by atoms with Gasteiger partial charge in [-0.2, -0.15) is 0 Å². The fraction of sp³-hybridized carbons (Fsp3) is 0.571. The second-order valence-corrected chi connectivity index (χ2v) is 10.7. The molecule has 4 rings (SSSR count). The molecule has 2 unspecified atom stereocenters. The van der Waals surface area contributed by atoms with Gasteiger partial charge in [0.05, 0.1) is 27.3 Å². The van der Waals surface area contributed by atoms with Crippen molar-refractivity contribution in [2.75, 3.05) is 25.5 Å². The number of aliphatic hydroxyl groups is 1. The summed E-state index contributed by atoms with van der Waals surface area (Å²) in [5.74, 6) is -1.66. The summed E-state index contributed by atoms with van der Waals surface area (Å²) in [6.45, 7) is 2.22. The van der Waals surface area contributed by atoms with Gasteiger partial charge in [0.25, 0.3) is 0 Å². The monoisotopic (exact) mass is 451 g/mol. The average Bonchev–Trinajstić information content (AvgIpc) is 3.28. The van der Waals surface area contributed by atoms with Crippen molar-refractivity contribution in [3.05, 3.63) is 29.3 Å². The summed E-state index contributed by atoms with van der Waals surface area (Å²) in [5, 5.41) is 15.4. The third-order valence-electron chi connectivity index (χ3n) is 6.74. The van der Waals surface area contributed by atoms with Crippen LogP contribution in [0, 0.1) is 11.8 Å². The van der Waals surface area contributed by atoms with Crippen LogP contribution in [0.15, 0.2) is 24.3 Å². The number of anilines is 1. The smallest absolute Gasteiger partial charge is 0.248 e. The number of thioether (sulfide) groups is 1. The largest absolute Gasteiger partial charge is 0.396 e. The lowest BCUT2D eigenvalue weighted by Crippen LogP contribution is -2.52.